The Bertz CT molecular complexity index is 334. The summed E-state index contributed by atoms with van der Waals surface area (Å²) >= 11 is 0. The highest BCUT2D eigenvalue weighted by Crippen LogP contribution is 2.12. The minimum Gasteiger partial charge on any atom is -0.246 e. The van der Waals surface area contributed by atoms with Gasteiger partial charge in [-0.05, 0) is 6.92 Å². The summed E-state index contributed by atoms with van der Waals surface area (Å²) in [7, 11) is 0. The van der Waals surface area contributed by atoms with Crippen molar-refractivity contribution < 1.29 is 0 Å². The Morgan fingerprint density at radius 1 is 1.43 bits per heavy atom. The largest absolute Gasteiger partial charge is 0.246 e. The van der Waals surface area contributed by atoms with Crippen LogP contribution in [0.2, 0.25) is 0 Å². The second kappa shape index (κ2) is 4.75. The van der Waals surface area contributed by atoms with E-state index in [1.165, 1.54) is 0 Å². The molecular formula is C10H16N4. The Labute approximate surface area is 84.6 Å². The molecule has 0 bridgehead atoms. The topological polar surface area (TPSA) is 54.5 Å². The third-order valence-electron chi connectivity index (χ3n) is 2.18. The zero-order chi connectivity index (χ0) is 10.6. The van der Waals surface area contributed by atoms with Crippen LogP contribution in [-0.4, -0.2) is 14.8 Å². The number of aryl methyl sites for hydroxylation is 2. The molecule has 0 amide bonds. The maximum atomic E-state index is 8.61. The summed E-state index contributed by atoms with van der Waals surface area (Å²) in [5, 5.41) is 13.0. The molecule has 4 heteroatoms. The zero-order valence-corrected chi connectivity index (χ0v) is 8.99. The number of hydrogen-bond acceptors (Lipinski definition) is 3. The lowest BCUT2D eigenvalue weighted by Crippen LogP contribution is -2.10. The van der Waals surface area contributed by atoms with Gasteiger partial charge in [0, 0.05) is 12.8 Å². The van der Waals surface area contributed by atoms with Crippen LogP contribution in [0, 0.1) is 11.3 Å². The maximum Gasteiger partial charge on any atom is 0.150 e. The van der Waals surface area contributed by atoms with Crippen molar-refractivity contribution in [2.75, 3.05) is 0 Å². The van der Waals surface area contributed by atoms with Crippen LogP contribution in [0.3, 0.4) is 0 Å². The van der Waals surface area contributed by atoms with Crippen LogP contribution < -0.4 is 0 Å². The molecule has 1 aromatic heterocycles. The second-order valence-electron chi connectivity index (χ2n) is 3.31. The fourth-order valence-electron chi connectivity index (χ4n) is 1.37. The Balaban J connectivity index is 2.94. The Morgan fingerprint density at radius 2 is 2.14 bits per heavy atom. The number of nitrogens with zero attached hydrogens (tertiary/aromatic N) is 4. The summed E-state index contributed by atoms with van der Waals surface area (Å²) in [6.45, 7) is 6.09. The minimum atomic E-state index is 0.128. The van der Waals surface area contributed by atoms with Gasteiger partial charge in [0.2, 0.25) is 0 Å². The van der Waals surface area contributed by atoms with Gasteiger partial charge in [-0.25, -0.2) is 9.67 Å². The van der Waals surface area contributed by atoms with Crippen molar-refractivity contribution in [3.63, 3.8) is 0 Å². The van der Waals surface area contributed by atoms with E-state index in [0.29, 0.717) is 6.42 Å². The van der Waals surface area contributed by atoms with E-state index in [4.69, 9.17) is 5.26 Å². The molecule has 0 aliphatic heterocycles. The van der Waals surface area contributed by atoms with Gasteiger partial charge in [-0.2, -0.15) is 10.4 Å². The van der Waals surface area contributed by atoms with Gasteiger partial charge in [-0.1, -0.05) is 13.8 Å². The molecule has 1 rings (SSSR count). The van der Waals surface area contributed by atoms with Crippen molar-refractivity contribution in [2.24, 2.45) is 0 Å². The lowest BCUT2D eigenvalue weighted by molar-refractivity contribution is 0.476. The monoisotopic (exact) mass is 192 g/mol. The van der Waals surface area contributed by atoms with E-state index in [1.807, 2.05) is 18.5 Å². The molecule has 0 N–H and O–H groups in total. The van der Waals surface area contributed by atoms with Crippen LogP contribution in [0.25, 0.3) is 0 Å². The molecule has 14 heavy (non-hydrogen) atoms. The quantitative estimate of drug-likeness (QED) is 0.731. The average Bonchev–Trinajstić information content (AvgIpc) is 2.61. The van der Waals surface area contributed by atoms with Crippen LogP contribution in [0.4, 0.5) is 0 Å². The second-order valence-corrected chi connectivity index (χ2v) is 3.31. The van der Waals surface area contributed by atoms with Crippen LogP contribution in [0.5, 0.6) is 0 Å². The first-order valence-electron chi connectivity index (χ1n) is 5.04. The Hall–Kier alpha value is -1.37. The third kappa shape index (κ3) is 2.11. The number of rotatable bonds is 4. The standard InChI is InChI=1S/C10H16N4/c1-4-9-12-10(5-2)14(13-9)8(3)6-7-11/h8H,4-6H2,1-3H3. The first-order chi connectivity index (χ1) is 6.72. The molecule has 1 unspecified atom stereocenters. The normalized spacial score (nSPS) is 12.4. The predicted molar refractivity (Wildman–Crippen MR) is 53.7 cm³/mol. The van der Waals surface area contributed by atoms with E-state index in [1.54, 1.807) is 0 Å². The minimum absolute atomic E-state index is 0.128. The third-order valence-corrected chi connectivity index (χ3v) is 2.18. The van der Waals surface area contributed by atoms with E-state index in [-0.39, 0.29) is 6.04 Å². The molecule has 1 heterocycles. The SMILES string of the molecule is CCc1nc(CC)n(C(C)CC#N)n1. The molecule has 1 atom stereocenters. The maximum absolute atomic E-state index is 8.61. The molecule has 0 fully saturated rings. The summed E-state index contributed by atoms with van der Waals surface area (Å²) in [4.78, 5) is 4.39. The van der Waals surface area contributed by atoms with Crippen molar-refractivity contribution >= 4 is 0 Å². The Morgan fingerprint density at radius 3 is 2.64 bits per heavy atom. The molecule has 0 saturated heterocycles. The zero-order valence-electron chi connectivity index (χ0n) is 8.99. The fraction of sp³-hybridized carbons (Fsp3) is 0.700. The van der Waals surface area contributed by atoms with Crippen LogP contribution in [0.15, 0.2) is 0 Å². The molecule has 1 aromatic rings. The molecule has 76 valence electrons. The summed E-state index contributed by atoms with van der Waals surface area (Å²) in [6, 6.07) is 2.28. The van der Waals surface area contributed by atoms with Crippen LogP contribution in [-0.2, 0) is 12.8 Å². The van der Waals surface area contributed by atoms with Crippen molar-refractivity contribution in [2.45, 2.75) is 46.1 Å². The smallest absolute Gasteiger partial charge is 0.150 e. The highest BCUT2D eigenvalue weighted by Gasteiger charge is 2.12. The van der Waals surface area contributed by atoms with Gasteiger partial charge in [0.05, 0.1) is 18.5 Å². The Kier molecular flexibility index (Phi) is 3.63. The summed E-state index contributed by atoms with van der Waals surface area (Å²) in [6.07, 6.45) is 2.20. The summed E-state index contributed by atoms with van der Waals surface area (Å²) in [5.74, 6) is 1.84. The number of aromatic nitrogens is 3. The van der Waals surface area contributed by atoms with Crippen molar-refractivity contribution in [1.29, 1.82) is 5.26 Å². The highest BCUT2D eigenvalue weighted by molar-refractivity contribution is 4.95. The van der Waals surface area contributed by atoms with E-state index in [2.05, 4.69) is 23.1 Å². The van der Waals surface area contributed by atoms with Gasteiger partial charge in [0.15, 0.2) is 5.82 Å². The lowest BCUT2D eigenvalue weighted by atomic mass is 10.2. The first-order valence-corrected chi connectivity index (χ1v) is 5.04. The number of nitriles is 1. The first kappa shape index (κ1) is 10.7. The molecule has 0 aromatic carbocycles. The number of hydrogen-bond donors (Lipinski definition) is 0. The average molecular weight is 192 g/mol. The fourth-order valence-corrected chi connectivity index (χ4v) is 1.37. The summed E-state index contributed by atoms with van der Waals surface area (Å²) in [5.41, 5.74) is 0. The van der Waals surface area contributed by atoms with Gasteiger partial charge < -0.3 is 0 Å². The van der Waals surface area contributed by atoms with E-state index in [9.17, 15) is 0 Å². The molecule has 0 aliphatic carbocycles. The molecule has 0 saturated carbocycles. The van der Waals surface area contributed by atoms with Gasteiger partial charge in [0.1, 0.15) is 5.82 Å². The van der Waals surface area contributed by atoms with E-state index < -0.39 is 0 Å². The van der Waals surface area contributed by atoms with Gasteiger partial charge in [0.25, 0.3) is 0 Å². The van der Waals surface area contributed by atoms with Crippen molar-refractivity contribution in [3.8, 4) is 6.07 Å². The lowest BCUT2D eigenvalue weighted by Gasteiger charge is -2.09. The van der Waals surface area contributed by atoms with E-state index >= 15 is 0 Å². The van der Waals surface area contributed by atoms with Crippen molar-refractivity contribution in [1.82, 2.24) is 14.8 Å². The van der Waals surface area contributed by atoms with Crippen LogP contribution >= 0.6 is 0 Å². The molecular weight excluding hydrogens is 176 g/mol. The van der Waals surface area contributed by atoms with Gasteiger partial charge in [-0.15, -0.1) is 0 Å². The van der Waals surface area contributed by atoms with E-state index in [0.717, 1.165) is 24.5 Å². The van der Waals surface area contributed by atoms with Crippen molar-refractivity contribution in [3.05, 3.63) is 11.6 Å². The van der Waals surface area contributed by atoms with Crippen LogP contribution in [0.1, 0.15) is 44.9 Å². The molecule has 0 spiro atoms. The predicted octanol–water partition coefficient (Wildman–Crippen LogP) is 1.88. The molecule has 4 nitrogen and oxygen atoms in total. The molecule has 0 radical (unpaired) electrons. The summed E-state index contributed by atoms with van der Waals surface area (Å²) < 4.78 is 1.88. The van der Waals surface area contributed by atoms with Gasteiger partial charge in [-0.3, -0.25) is 0 Å². The molecule has 0 aliphatic rings. The van der Waals surface area contributed by atoms with Gasteiger partial charge >= 0.3 is 0 Å². The highest BCUT2D eigenvalue weighted by atomic mass is 15.4.